The summed E-state index contributed by atoms with van der Waals surface area (Å²) < 4.78 is 71.7. The van der Waals surface area contributed by atoms with E-state index >= 15 is 0 Å². The zero-order valence-electron chi connectivity index (χ0n) is 16.4. The van der Waals surface area contributed by atoms with Gasteiger partial charge in [-0.3, -0.25) is 4.79 Å². The number of esters is 1. The van der Waals surface area contributed by atoms with Crippen molar-refractivity contribution in [2.45, 2.75) is 31.1 Å². The van der Waals surface area contributed by atoms with Crippen molar-refractivity contribution in [1.82, 2.24) is 4.72 Å². The number of hydrogen-bond donors (Lipinski definition) is 2. The van der Waals surface area contributed by atoms with Gasteiger partial charge in [-0.05, 0) is 56.3 Å². The van der Waals surface area contributed by atoms with Crippen LogP contribution in [0.5, 0.6) is 5.75 Å². The number of carbonyl (C=O) groups excluding carboxylic acids is 2. The number of rotatable bonds is 8. The molecule has 0 fully saturated rings. The molecule has 0 atom stereocenters. The molecule has 0 aliphatic carbocycles. The molecule has 0 aliphatic heterocycles. The van der Waals surface area contributed by atoms with E-state index < -0.39 is 40.6 Å². The number of ether oxygens (including phenoxy) is 2. The molecule has 0 saturated heterocycles. The van der Waals surface area contributed by atoms with Crippen molar-refractivity contribution in [3.8, 4) is 5.75 Å². The van der Waals surface area contributed by atoms with E-state index in [0.29, 0.717) is 0 Å². The zero-order valence-corrected chi connectivity index (χ0v) is 17.2. The second-order valence-electron chi connectivity index (χ2n) is 6.50. The molecule has 31 heavy (non-hydrogen) atoms. The van der Waals surface area contributed by atoms with Crippen LogP contribution in [-0.2, 0) is 19.6 Å². The highest BCUT2D eigenvalue weighted by atomic mass is 32.2. The average molecular weight is 460 g/mol. The SMILES string of the molecule is CC(C)NS(=O)(=O)c1cccc(C(=O)OCC(=O)Nc2ccc(OC(F)(F)F)cc2)c1. The van der Waals surface area contributed by atoms with Gasteiger partial charge in [0.15, 0.2) is 6.61 Å². The minimum absolute atomic E-state index is 0.0758. The first-order chi connectivity index (χ1) is 14.4. The van der Waals surface area contributed by atoms with E-state index in [0.717, 1.165) is 18.2 Å². The van der Waals surface area contributed by atoms with Crippen molar-refractivity contribution in [2.24, 2.45) is 0 Å². The maximum atomic E-state index is 12.2. The number of anilines is 1. The number of benzene rings is 2. The van der Waals surface area contributed by atoms with Gasteiger partial charge in [-0.2, -0.15) is 0 Å². The van der Waals surface area contributed by atoms with Gasteiger partial charge >= 0.3 is 12.3 Å². The first kappa shape index (κ1) is 24.2. The maximum Gasteiger partial charge on any atom is 0.573 e. The number of nitrogens with one attached hydrogen (secondary N) is 2. The number of hydrogen-bond acceptors (Lipinski definition) is 6. The lowest BCUT2D eigenvalue weighted by Gasteiger charge is -2.11. The van der Waals surface area contributed by atoms with Crippen LogP contribution < -0.4 is 14.8 Å². The molecular formula is C19H19F3N2O6S. The maximum absolute atomic E-state index is 12.2. The van der Waals surface area contributed by atoms with E-state index in [-0.39, 0.29) is 22.2 Å². The largest absolute Gasteiger partial charge is 0.573 e. The Hall–Kier alpha value is -3.12. The smallest absolute Gasteiger partial charge is 0.452 e. The first-order valence-corrected chi connectivity index (χ1v) is 10.3. The van der Waals surface area contributed by atoms with Crippen molar-refractivity contribution in [1.29, 1.82) is 0 Å². The van der Waals surface area contributed by atoms with Gasteiger partial charge in [-0.25, -0.2) is 17.9 Å². The van der Waals surface area contributed by atoms with Crippen LogP contribution in [0.4, 0.5) is 18.9 Å². The molecule has 168 valence electrons. The van der Waals surface area contributed by atoms with Crippen LogP contribution in [0.2, 0.25) is 0 Å². The van der Waals surface area contributed by atoms with Crippen LogP contribution in [0.15, 0.2) is 53.4 Å². The third-order valence-corrected chi connectivity index (χ3v) is 5.13. The topological polar surface area (TPSA) is 111 Å². The molecule has 1 amide bonds. The molecule has 12 heteroatoms. The third-order valence-electron chi connectivity index (χ3n) is 3.48. The van der Waals surface area contributed by atoms with Crippen molar-refractivity contribution in [3.05, 3.63) is 54.1 Å². The highest BCUT2D eigenvalue weighted by molar-refractivity contribution is 7.89. The predicted molar refractivity (Wildman–Crippen MR) is 104 cm³/mol. The van der Waals surface area contributed by atoms with E-state index in [4.69, 9.17) is 4.74 Å². The molecule has 0 saturated carbocycles. The summed E-state index contributed by atoms with van der Waals surface area (Å²) in [6.07, 6.45) is -4.83. The minimum atomic E-state index is -4.83. The van der Waals surface area contributed by atoms with Crippen molar-refractivity contribution in [2.75, 3.05) is 11.9 Å². The van der Waals surface area contributed by atoms with Crippen LogP contribution >= 0.6 is 0 Å². The summed E-state index contributed by atoms with van der Waals surface area (Å²) in [4.78, 5) is 23.9. The number of alkyl halides is 3. The molecule has 0 radical (unpaired) electrons. The van der Waals surface area contributed by atoms with Crippen LogP contribution in [0.1, 0.15) is 24.2 Å². The number of sulfonamides is 1. The molecule has 2 N–H and O–H groups in total. The van der Waals surface area contributed by atoms with Gasteiger partial charge in [0, 0.05) is 11.7 Å². The Morgan fingerprint density at radius 3 is 2.29 bits per heavy atom. The Morgan fingerprint density at radius 2 is 1.71 bits per heavy atom. The van der Waals surface area contributed by atoms with Gasteiger partial charge in [-0.1, -0.05) is 6.07 Å². The van der Waals surface area contributed by atoms with Gasteiger partial charge < -0.3 is 14.8 Å². The molecule has 0 heterocycles. The van der Waals surface area contributed by atoms with Crippen molar-refractivity contribution >= 4 is 27.6 Å². The summed E-state index contributed by atoms with van der Waals surface area (Å²) in [7, 11) is -3.82. The standard InChI is InChI=1S/C19H19F3N2O6S/c1-12(2)24-31(27,28)16-5-3-4-13(10-16)18(26)29-11-17(25)23-14-6-8-15(9-7-14)30-19(20,21)22/h3-10,12,24H,11H2,1-2H3,(H,23,25). The Labute approximate surface area is 176 Å². The van der Waals surface area contributed by atoms with E-state index in [1.54, 1.807) is 13.8 Å². The molecule has 0 spiro atoms. The van der Waals surface area contributed by atoms with E-state index in [1.807, 2.05) is 0 Å². The van der Waals surface area contributed by atoms with E-state index in [2.05, 4.69) is 14.8 Å². The lowest BCUT2D eigenvalue weighted by molar-refractivity contribution is -0.274. The molecule has 0 unspecified atom stereocenters. The molecular weight excluding hydrogens is 441 g/mol. The average Bonchev–Trinajstić information content (AvgIpc) is 2.65. The van der Waals surface area contributed by atoms with Crippen LogP contribution in [0.25, 0.3) is 0 Å². The second kappa shape index (κ2) is 9.79. The normalized spacial score (nSPS) is 11.8. The molecule has 0 aliphatic rings. The lowest BCUT2D eigenvalue weighted by Crippen LogP contribution is -2.30. The van der Waals surface area contributed by atoms with Gasteiger partial charge in [0.1, 0.15) is 5.75 Å². The fourth-order valence-electron chi connectivity index (χ4n) is 2.32. The number of amides is 1. The monoisotopic (exact) mass is 460 g/mol. The van der Waals surface area contributed by atoms with Crippen molar-refractivity contribution < 1.29 is 40.7 Å². The molecule has 8 nitrogen and oxygen atoms in total. The number of carbonyl (C=O) groups is 2. The molecule has 2 aromatic rings. The zero-order chi connectivity index (χ0) is 23.2. The fourth-order valence-corrected chi connectivity index (χ4v) is 3.62. The Morgan fingerprint density at radius 1 is 1.06 bits per heavy atom. The van der Waals surface area contributed by atoms with Gasteiger partial charge in [-0.15, -0.1) is 13.2 Å². The summed E-state index contributed by atoms with van der Waals surface area (Å²) in [6.45, 7) is 2.59. The first-order valence-electron chi connectivity index (χ1n) is 8.81. The highest BCUT2D eigenvalue weighted by Gasteiger charge is 2.31. The van der Waals surface area contributed by atoms with Gasteiger partial charge in [0.05, 0.1) is 10.5 Å². The fraction of sp³-hybridized carbons (Fsp3) is 0.263. The number of halogens is 3. The molecule has 0 bridgehead atoms. The Balaban J connectivity index is 1.94. The summed E-state index contributed by atoms with van der Waals surface area (Å²) in [5, 5.41) is 2.34. The van der Waals surface area contributed by atoms with Gasteiger partial charge in [0.2, 0.25) is 10.0 Å². The Bertz CT molecular complexity index is 1040. The third kappa shape index (κ3) is 7.90. The summed E-state index contributed by atoms with van der Waals surface area (Å²) in [6, 6.07) is 9.12. The minimum Gasteiger partial charge on any atom is -0.452 e. The molecule has 2 aromatic carbocycles. The van der Waals surface area contributed by atoms with E-state index in [9.17, 15) is 31.2 Å². The predicted octanol–water partition coefficient (Wildman–Crippen LogP) is 3.07. The van der Waals surface area contributed by atoms with Crippen LogP contribution in [0, 0.1) is 0 Å². The van der Waals surface area contributed by atoms with Crippen LogP contribution in [-0.4, -0.2) is 39.3 Å². The van der Waals surface area contributed by atoms with Gasteiger partial charge in [0.25, 0.3) is 5.91 Å². The second-order valence-corrected chi connectivity index (χ2v) is 8.21. The van der Waals surface area contributed by atoms with E-state index in [1.165, 1.54) is 30.3 Å². The Kier molecular flexibility index (Phi) is 7.63. The molecule has 2 rings (SSSR count). The van der Waals surface area contributed by atoms with Crippen molar-refractivity contribution in [3.63, 3.8) is 0 Å². The quantitative estimate of drug-likeness (QED) is 0.586. The molecule has 0 aromatic heterocycles. The summed E-state index contributed by atoms with van der Waals surface area (Å²) in [5.74, 6) is -2.13. The summed E-state index contributed by atoms with van der Waals surface area (Å²) in [5.41, 5.74) is 0.0801. The highest BCUT2D eigenvalue weighted by Crippen LogP contribution is 2.24. The lowest BCUT2D eigenvalue weighted by atomic mass is 10.2. The van der Waals surface area contributed by atoms with Crippen LogP contribution in [0.3, 0.4) is 0 Å². The summed E-state index contributed by atoms with van der Waals surface area (Å²) >= 11 is 0.